The topological polar surface area (TPSA) is 118 Å². The zero-order valence-electron chi connectivity index (χ0n) is 15.7. The summed E-state index contributed by atoms with van der Waals surface area (Å²) in [5.74, 6) is -1.85. The van der Waals surface area contributed by atoms with Gasteiger partial charge in [0.05, 0.1) is 6.04 Å². The highest BCUT2D eigenvalue weighted by Gasteiger charge is 2.26. The minimum atomic E-state index is -1.23. The van der Waals surface area contributed by atoms with Gasteiger partial charge >= 0.3 is 12.1 Å². The van der Waals surface area contributed by atoms with Gasteiger partial charge in [0.25, 0.3) is 5.91 Å². The molecule has 9 heteroatoms. The zero-order valence-corrected chi connectivity index (χ0v) is 16.6. The van der Waals surface area contributed by atoms with Crippen LogP contribution in [0.1, 0.15) is 63.1 Å². The molecular weight excluding hydrogens is 358 g/mol. The van der Waals surface area contributed by atoms with Crippen molar-refractivity contribution < 1.29 is 24.2 Å². The summed E-state index contributed by atoms with van der Waals surface area (Å²) in [7, 11) is 0. The number of ether oxygens (including phenoxy) is 1. The van der Waals surface area contributed by atoms with Gasteiger partial charge in [-0.1, -0.05) is 19.9 Å². The molecule has 1 unspecified atom stereocenters. The fourth-order valence-corrected chi connectivity index (χ4v) is 2.94. The average molecular weight is 383 g/mol. The van der Waals surface area contributed by atoms with Gasteiger partial charge in [-0.05, 0) is 33.6 Å². The highest BCUT2D eigenvalue weighted by atomic mass is 32.1. The van der Waals surface area contributed by atoms with E-state index in [1.807, 2.05) is 13.8 Å². The number of carbonyl (C=O) groups is 3. The van der Waals surface area contributed by atoms with E-state index in [2.05, 4.69) is 15.6 Å². The first kappa shape index (κ1) is 21.6. The second-order valence-electron chi connectivity index (χ2n) is 6.90. The summed E-state index contributed by atoms with van der Waals surface area (Å²) in [6, 6.07) is -0.433. The van der Waals surface area contributed by atoms with Crippen LogP contribution in [0.3, 0.4) is 0 Å². The Hall–Kier alpha value is -2.42. The van der Waals surface area contributed by atoms with Crippen molar-refractivity contribution in [2.45, 2.75) is 53.2 Å². The summed E-state index contributed by atoms with van der Waals surface area (Å²) in [5, 5.41) is 16.1. The van der Waals surface area contributed by atoms with Gasteiger partial charge in [-0.25, -0.2) is 14.6 Å². The molecule has 1 heterocycles. The molecule has 1 rings (SSSR count). The average Bonchev–Trinajstić information content (AvgIpc) is 2.97. The lowest BCUT2D eigenvalue weighted by Gasteiger charge is -2.24. The third-order valence-electron chi connectivity index (χ3n) is 3.13. The van der Waals surface area contributed by atoms with Crippen molar-refractivity contribution in [2.24, 2.45) is 5.92 Å². The van der Waals surface area contributed by atoms with Gasteiger partial charge in [0.1, 0.15) is 22.0 Å². The van der Waals surface area contributed by atoms with E-state index >= 15 is 0 Å². The van der Waals surface area contributed by atoms with Crippen LogP contribution in [-0.2, 0) is 9.53 Å². The van der Waals surface area contributed by atoms with Crippen LogP contribution in [0.2, 0.25) is 0 Å². The number of hydrogen-bond donors (Lipinski definition) is 3. The third kappa shape index (κ3) is 6.47. The van der Waals surface area contributed by atoms with Crippen LogP contribution in [0, 0.1) is 5.92 Å². The Bertz CT molecular complexity index is 703. The molecule has 26 heavy (non-hydrogen) atoms. The quantitative estimate of drug-likeness (QED) is 0.650. The lowest BCUT2D eigenvalue weighted by molar-refractivity contribution is -0.133. The number of carbonyl (C=O) groups excluding carboxylic acids is 2. The number of alkyl carbamates (subject to hydrolysis) is 1. The molecule has 0 saturated carbocycles. The largest absolute Gasteiger partial charge is 0.477 e. The second kappa shape index (κ2) is 8.79. The first-order chi connectivity index (χ1) is 11.9. The molecule has 0 fully saturated rings. The molecule has 0 aliphatic heterocycles. The number of nitrogens with one attached hydrogen (secondary N) is 2. The van der Waals surface area contributed by atoms with Crippen molar-refractivity contribution in [1.82, 2.24) is 15.6 Å². The molecule has 0 aromatic carbocycles. The SMILES string of the molecule is C/C=C(/NC(=O)c1csc(C(NC(=O)OC(C)(C)C)C(C)C)n1)C(=O)O. The number of aliphatic carboxylic acids is 1. The van der Waals surface area contributed by atoms with Gasteiger partial charge in [0.15, 0.2) is 0 Å². The molecule has 0 spiro atoms. The summed E-state index contributed by atoms with van der Waals surface area (Å²) in [5.41, 5.74) is -0.765. The number of thiazole rings is 1. The predicted molar refractivity (Wildman–Crippen MR) is 97.9 cm³/mol. The number of carboxylic acid groups (broad SMARTS) is 1. The Kier molecular flexibility index (Phi) is 7.31. The molecule has 0 aliphatic rings. The first-order valence-corrected chi connectivity index (χ1v) is 8.98. The molecule has 0 bridgehead atoms. The molecule has 1 aromatic rings. The standard InChI is InChI=1S/C17H25N3O5S/c1-7-10(15(22)23)18-13(21)11-8-26-14(19-11)12(9(2)3)20-16(24)25-17(4,5)6/h7-9,12H,1-6H3,(H,18,21)(H,20,24)(H,22,23)/b10-7+. The van der Waals surface area contributed by atoms with E-state index in [1.54, 1.807) is 20.8 Å². The Labute approximate surface area is 156 Å². The zero-order chi connectivity index (χ0) is 20.1. The van der Waals surface area contributed by atoms with Crippen molar-refractivity contribution in [3.63, 3.8) is 0 Å². The maximum Gasteiger partial charge on any atom is 0.408 e. The molecule has 1 aromatic heterocycles. The Morgan fingerprint density at radius 2 is 1.92 bits per heavy atom. The van der Waals surface area contributed by atoms with Gasteiger partial charge in [-0.3, -0.25) is 4.79 Å². The second-order valence-corrected chi connectivity index (χ2v) is 7.79. The minimum absolute atomic E-state index is 0.00898. The van der Waals surface area contributed by atoms with E-state index in [0.717, 1.165) is 0 Å². The van der Waals surface area contributed by atoms with Crippen molar-refractivity contribution in [2.75, 3.05) is 0 Å². The fourth-order valence-electron chi connectivity index (χ4n) is 1.92. The van der Waals surface area contributed by atoms with Crippen LogP contribution in [0.25, 0.3) is 0 Å². The van der Waals surface area contributed by atoms with Crippen molar-refractivity contribution in [3.05, 3.63) is 27.9 Å². The maximum absolute atomic E-state index is 12.2. The van der Waals surface area contributed by atoms with Gasteiger partial charge in [0, 0.05) is 5.38 Å². The molecule has 144 valence electrons. The van der Waals surface area contributed by atoms with Crippen LogP contribution in [0.5, 0.6) is 0 Å². The number of hydrogen-bond acceptors (Lipinski definition) is 6. The summed E-state index contributed by atoms with van der Waals surface area (Å²) < 4.78 is 5.26. The monoisotopic (exact) mass is 383 g/mol. The van der Waals surface area contributed by atoms with Crippen LogP contribution in [0.15, 0.2) is 17.2 Å². The maximum atomic E-state index is 12.2. The van der Waals surface area contributed by atoms with E-state index in [1.165, 1.54) is 29.7 Å². The molecule has 3 N–H and O–H groups in total. The van der Waals surface area contributed by atoms with Gasteiger partial charge in [0.2, 0.25) is 0 Å². The summed E-state index contributed by atoms with van der Waals surface area (Å²) in [6.45, 7) is 10.6. The highest BCUT2D eigenvalue weighted by molar-refractivity contribution is 7.09. The number of allylic oxidation sites excluding steroid dienone is 1. The van der Waals surface area contributed by atoms with Crippen molar-refractivity contribution >= 4 is 29.3 Å². The third-order valence-corrected chi connectivity index (χ3v) is 4.05. The number of nitrogens with zero attached hydrogens (tertiary/aromatic N) is 1. The predicted octanol–water partition coefficient (Wildman–Crippen LogP) is 3.08. The molecular formula is C17H25N3O5S. The van der Waals surface area contributed by atoms with Gasteiger partial charge in [-0.15, -0.1) is 11.3 Å². The lowest BCUT2D eigenvalue weighted by atomic mass is 10.1. The van der Waals surface area contributed by atoms with E-state index < -0.39 is 29.6 Å². The van der Waals surface area contributed by atoms with Crippen LogP contribution < -0.4 is 10.6 Å². The van der Waals surface area contributed by atoms with Crippen LogP contribution in [-0.4, -0.2) is 33.7 Å². The molecule has 0 radical (unpaired) electrons. The Balaban J connectivity index is 2.91. The summed E-state index contributed by atoms with van der Waals surface area (Å²) in [4.78, 5) is 39.4. The smallest absolute Gasteiger partial charge is 0.408 e. The summed E-state index contributed by atoms with van der Waals surface area (Å²) in [6.07, 6.45) is 0.716. The molecule has 0 aliphatic carbocycles. The first-order valence-electron chi connectivity index (χ1n) is 8.10. The highest BCUT2D eigenvalue weighted by Crippen LogP contribution is 2.25. The summed E-state index contributed by atoms with van der Waals surface area (Å²) >= 11 is 1.21. The van der Waals surface area contributed by atoms with E-state index in [4.69, 9.17) is 9.84 Å². The number of amides is 2. The molecule has 8 nitrogen and oxygen atoms in total. The normalized spacial score (nSPS) is 13.3. The molecule has 0 saturated heterocycles. The van der Waals surface area contributed by atoms with Crippen molar-refractivity contribution in [1.29, 1.82) is 0 Å². The fraction of sp³-hybridized carbons (Fsp3) is 0.529. The Morgan fingerprint density at radius 1 is 1.31 bits per heavy atom. The number of aromatic nitrogens is 1. The van der Waals surface area contributed by atoms with Crippen LogP contribution >= 0.6 is 11.3 Å². The molecule has 2 amide bonds. The van der Waals surface area contributed by atoms with Gasteiger partial charge in [-0.2, -0.15) is 0 Å². The van der Waals surface area contributed by atoms with Gasteiger partial charge < -0.3 is 20.5 Å². The van der Waals surface area contributed by atoms with E-state index in [0.29, 0.717) is 5.01 Å². The minimum Gasteiger partial charge on any atom is -0.477 e. The number of carboxylic acids is 1. The molecule has 1 atom stereocenters. The number of rotatable bonds is 6. The lowest BCUT2D eigenvalue weighted by Crippen LogP contribution is -2.36. The van der Waals surface area contributed by atoms with E-state index in [-0.39, 0.29) is 17.3 Å². The van der Waals surface area contributed by atoms with Crippen molar-refractivity contribution in [3.8, 4) is 0 Å². The Morgan fingerprint density at radius 3 is 2.38 bits per heavy atom. The van der Waals surface area contributed by atoms with Crippen LogP contribution in [0.4, 0.5) is 4.79 Å². The van der Waals surface area contributed by atoms with E-state index in [9.17, 15) is 14.4 Å².